The predicted octanol–water partition coefficient (Wildman–Crippen LogP) is -1.04. The van der Waals surface area contributed by atoms with Gasteiger partial charge in [0.2, 0.25) is 17.6 Å². The van der Waals surface area contributed by atoms with Gasteiger partial charge in [0.25, 0.3) is 0 Å². The number of carboxylic acid groups (broad SMARTS) is 2. The molecular weight excluding hydrogens is 632 g/mol. The van der Waals surface area contributed by atoms with Crippen LogP contribution in [0.25, 0.3) is 0 Å². The van der Waals surface area contributed by atoms with E-state index in [2.05, 4.69) is 25.1 Å². The summed E-state index contributed by atoms with van der Waals surface area (Å²) in [6.45, 7) is 3.06. The maximum Gasteiger partial charge on any atom is 0.350 e. The van der Waals surface area contributed by atoms with Crippen molar-refractivity contribution >= 4 is 75.2 Å². The molecule has 0 spiro atoms. The number of nitrogen functional groups attached to an aromatic ring is 2. The molecule has 2 aliphatic rings. The number of nitrogens with two attached hydrogens (primary N) is 3. The van der Waals surface area contributed by atoms with Crippen molar-refractivity contribution in [2.45, 2.75) is 37.7 Å². The van der Waals surface area contributed by atoms with Gasteiger partial charge in [0.05, 0.1) is 18.5 Å². The molecule has 1 unspecified atom stereocenters. The number of fused-ring (bicyclic) bond motifs is 1. The minimum Gasteiger partial charge on any atom is -0.478 e. The normalized spacial score (nSPS) is 19.9. The SMILES string of the molecule is Cn1c(N)c(NC(=O)NCCN)c[n+]1CC1=C(C(=O)O)C2C(=O)[C@@H](CC(=O)/C(=N\OC(C)(C)C(=O)O)c3nsc(N)n3)[C@H]2SC1. The third-order valence-electron chi connectivity index (χ3n) is 7.29. The highest BCUT2D eigenvalue weighted by molar-refractivity contribution is 8.00. The maximum absolute atomic E-state index is 13.4. The molecule has 0 aromatic carbocycles. The minimum absolute atomic E-state index is 0.0324. The van der Waals surface area contributed by atoms with Gasteiger partial charge in [0.1, 0.15) is 5.78 Å². The summed E-state index contributed by atoms with van der Waals surface area (Å²) in [7, 11) is 1.64. The van der Waals surface area contributed by atoms with Gasteiger partial charge >= 0.3 is 18.0 Å². The number of carbonyl (C=O) groups is 5. The van der Waals surface area contributed by atoms with E-state index in [9.17, 15) is 34.2 Å². The molecule has 20 heteroatoms. The van der Waals surface area contributed by atoms with Crippen LogP contribution < -0.4 is 32.5 Å². The monoisotopic (exact) mass is 665 g/mol. The van der Waals surface area contributed by atoms with Crippen molar-refractivity contribution < 1.29 is 43.7 Å². The van der Waals surface area contributed by atoms with Crippen molar-refractivity contribution in [1.82, 2.24) is 19.4 Å². The van der Waals surface area contributed by atoms with E-state index in [1.165, 1.54) is 25.6 Å². The fraction of sp³-hybridized carbons (Fsp3) is 0.480. The van der Waals surface area contributed by atoms with E-state index in [-0.39, 0.29) is 54.2 Å². The summed E-state index contributed by atoms with van der Waals surface area (Å²) in [6, 6.07) is -0.508. The first-order chi connectivity index (χ1) is 21.2. The second-order valence-electron chi connectivity index (χ2n) is 10.7. The van der Waals surface area contributed by atoms with E-state index in [0.29, 0.717) is 11.3 Å². The van der Waals surface area contributed by atoms with Crippen molar-refractivity contribution in [3.8, 4) is 0 Å². The van der Waals surface area contributed by atoms with E-state index in [0.717, 1.165) is 11.5 Å². The van der Waals surface area contributed by atoms with Gasteiger partial charge in [-0.1, -0.05) is 5.16 Å². The highest BCUT2D eigenvalue weighted by Gasteiger charge is 2.56. The molecule has 0 radical (unpaired) electrons. The fourth-order valence-electron chi connectivity index (χ4n) is 4.77. The zero-order valence-electron chi connectivity index (χ0n) is 24.5. The molecule has 18 nitrogen and oxygen atoms in total. The van der Waals surface area contributed by atoms with Gasteiger partial charge in [0, 0.05) is 53.5 Å². The zero-order valence-corrected chi connectivity index (χ0v) is 26.1. The first-order valence-corrected chi connectivity index (χ1v) is 15.3. The molecule has 1 aliphatic carbocycles. The Morgan fingerprint density at radius 2 is 1.98 bits per heavy atom. The molecule has 3 heterocycles. The average molecular weight is 666 g/mol. The summed E-state index contributed by atoms with van der Waals surface area (Å²) < 4.78 is 7.13. The van der Waals surface area contributed by atoms with Crippen LogP contribution in [-0.2, 0) is 37.6 Å². The number of anilines is 3. The van der Waals surface area contributed by atoms with E-state index >= 15 is 0 Å². The number of oxime groups is 1. The summed E-state index contributed by atoms with van der Waals surface area (Å²) in [5.74, 6) is -5.21. The lowest BCUT2D eigenvalue weighted by Crippen LogP contribution is -2.56. The number of rotatable bonds is 13. The Morgan fingerprint density at radius 1 is 1.27 bits per heavy atom. The second kappa shape index (κ2) is 13.2. The molecule has 4 rings (SSSR count). The summed E-state index contributed by atoms with van der Waals surface area (Å²) in [5.41, 5.74) is 15.7. The summed E-state index contributed by atoms with van der Waals surface area (Å²) >= 11 is 2.14. The number of Topliss-reactive ketones (excluding diaryl/α,β-unsaturated/α-hetero) is 2. The van der Waals surface area contributed by atoms with Crippen LogP contribution in [0.4, 0.5) is 21.4 Å². The van der Waals surface area contributed by atoms with Gasteiger partial charge in [-0.3, -0.25) is 14.9 Å². The minimum atomic E-state index is -1.78. The van der Waals surface area contributed by atoms with E-state index in [1.54, 1.807) is 22.6 Å². The Balaban J connectivity index is 1.54. The number of aromatic nitrogens is 4. The lowest BCUT2D eigenvalue weighted by molar-refractivity contribution is -0.765. The van der Waals surface area contributed by atoms with Gasteiger partial charge in [-0.2, -0.15) is 21.1 Å². The Labute approximate surface area is 264 Å². The highest BCUT2D eigenvalue weighted by atomic mass is 32.2. The van der Waals surface area contributed by atoms with Gasteiger partial charge in [-0.15, -0.1) is 9.36 Å². The summed E-state index contributed by atoms with van der Waals surface area (Å²) in [6.07, 6.45) is 1.20. The van der Waals surface area contributed by atoms with Crippen LogP contribution in [0.1, 0.15) is 26.1 Å². The van der Waals surface area contributed by atoms with Crippen molar-refractivity contribution in [2.24, 2.45) is 29.8 Å². The number of nitrogens with one attached hydrogen (secondary N) is 2. The Hall–Kier alpha value is -4.56. The fourth-order valence-corrected chi connectivity index (χ4v) is 6.77. The molecule has 2 aromatic rings. The standard InChI is InChI=1S/C25H32N10O8S2/c1-25(2,22(40)41)43-32-16(20-31-23(28)45-33-20)13(36)6-11-17(37)15-14(21(38)39)10(9-44-18(11)15)7-35-8-12(19(27)34(35)3)30-24(42)29-5-4-26/h8,11,15,18,27H,4-7,9,26H2,1-3H3,(H6,28,29,30,31,33,38,39,40,41,42)/p+1/b32-16+/t11-,15?,18-/m1/s1. The summed E-state index contributed by atoms with van der Waals surface area (Å²) in [4.78, 5) is 71.8. The van der Waals surface area contributed by atoms with Gasteiger partial charge in [-0.05, 0) is 13.8 Å². The van der Waals surface area contributed by atoms with Crippen molar-refractivity contribution in [3.05, 3.63) is 23.2 Å². The van der Waals surface area contributed by atoms with Crippen LogP contribution >= 0.6 is 23.3 Å². The quantitative estimate of drug-likeness (QED) is 0.0765. The molecule has 10 N–H and O–H groups in total. The number of ketones is 2. The zero-order chi connectivity index (χ0) is 33.2. The third-order valence-corrected chi connectivity index (χ3v) is 9.33. The van der Waals surface area contributed by atoms with Crippen molar-refractivity contribution in [2.75, 3.05) is 35.6 Å². The number of amides is 2. The summed E-state index contributed by atoms with van der Waals surface area (Å²) in [5, 5.41) is 27.9. The number of thioether (sulfide) groups is 1. The molecule has 2 amide bonds. The number of carboxylic acids is 2. The Morgan fingerprint density at radius 3 is 2.58 bits per heavy atom. The topological polar surface area (TPSA) is 284 Å². The molecule has 1 fully saturated rings. The number of urea groups is 1. The first-order valence-electron chi connectivity index (χ1n) is 13.5. The van der Waals surface area contributed by atoms with Crippen LogP contribution in [-0.4, -0.2) is 89.2 Å². The van der Waals surface area contributed by atoms with E-state index in [4.69, 9.17) is 22.0 Å². The molecule has 3 atom stereocenters. The second-order valence-corrected chi connectivity index (χ2v) is 12.7. The Kier molecular flexibility index (Phi) is 9.78. The van der Waals surface area contributed by atoms with Crippen LogP contribution in [0.3, 0.4) is 0 Å². The number of carbonyl (C=O) groups excluding carboxylic acids is 3. The molecular formula is C25H33N10O8S2+. The lowest BCUT2D eigenvalue weighted by atomic mass is 9.66. The number of nitrogens with zero attached hydrogens (tertiary/aromatic N) is 5. The van der Waals surface area contributed by atoms with Crippen molar-refractivity contribution in [3.63, 3.8) is 0 Å². The third kappa shape index (κ3) is 6.91. The number of hydrogen-bond acceptors (Lipinski definition) is 14. The molecule has 2 aromatic heterocycles. The average Bonchev–Trinajstić information content (AvgIpc) is 3.52. The lowest BCUT2D eigenvalue weighted by Gasteiger charge is -2.45. The van der Waals surface area contributed by atoms with Crippen LogP contribution in [0.2, 0.25) is 0 Å². The molecule has 1 aliphatic heterocycles. The van der Waals surface area contributed by atoms with Crippen LogP contribution in [0.5, 0.6) is 0 Å². The highest BCUT2D eigenvalue weighted by Crippen LogP contribution is 2.50. The van der Waals surface area contributed by atoms with Crippen LogP contribution in [0.15, 0.2) is 22.5 Å². The largest absolute Gasteiger partial charge is 0.478 e. The number of hydrogen-bond donors (Lipinski definition) is 7. The Bertz CT molecular complexity index is 1610. The van der Waals surface area contributed by atoms with Gasteiger partial charge in [0.15, 0.2) is 34.7 Å². The first kappa shape index (κ1) is 33.3. The van der Waals surface area contributed by atoms with Gasteiger partial charge in [-0.25, -0.2) is 14.4 Å². The molecule has 0 saturated heterocycles. The maximum atomic E-state index is 13.4. The molecule has 45 heavy (non-hydrogen) atoms. The van der Waals surface area contributed by atoms with Crippen molar-refractivity contribution in [1.29, 1.82) is 0 Å². The van der Waals surface area contributed by atoms with Gasteiger partial charge < -0.3 is 37.6 Å². The molecule has 0 bridgehead atoms. The number of aliphatic carboxylic acids is 2. The smallest absolute Gasteiger partial charge is 0.350 e. The van der Waals surface area contributed by atoms with E-state index < -0.39 is 57.9 Å². The predicted molar refractivity (Wildman–Crippen MR) is 162 cm³/mol. The molecule has 242 valence electrons. The molecule has 1 saturated carbocycles. The van der Waals surface area contributed by atoms with E-state index in [1.807, 2.05) is 0 Å². The van der Waals surface area contributed by atoms with Crippen LogP contribution in [0, 0.1) is 11.8 Å².